The van der Waals surface area contributed by atoms with Crippen molar-refractivity contribution in [1.82, 2.24) is 4.72 Å². The predicted molar refractivity (Wildman–Crippen MR) is 77.1 cm³/mol. The molecule has 1 unspecified atom stereocenters. The molecule has 100 valence electrons. The van der Waals surface area contributed by atoms with Gasteiger partial charge in [-0.05, 0) is 56.7 Å². The molecule has 0 spiro atoms. The third-order valence-corrected chi connectivity index (χ3v) is 6.13. The summed E-state index contributed by atoms with van der Waals surface area (Å²) in [5, 5.41) is 1.52. The van der Waals surface area contributed by atoms with Gasteiger partial charge in [0.05, 0.1) is 0 Å². The van der Waals surface area contributed by atoms with Crippen LogP contribution >= 0.6 is 11.3 Å². The molecule has 0 amide bonds. The van der Waals surface area contributed by atoms with Gasteiger partial charge in [-0.15, -0.1) is 11.3 Å². The van der Waals surface area contributed by atoms with E-state index < -0.39 is 20.8 Å². The van der Waals surface area contributed by atoms with Crippen molar-refractivity contribution in [2.75, 3.05) is 0 Å². The number of nitrogens with one attached hydrogen (secondary N) is 1. The van der Waals surface area contributed by atoms with Crippen molar-refractivity contribution in [3.05, 3.63) is 28.0 Å². The summed E-state index contributed by atoms with van der Waals surface area (Å²) in [7, 11) is -3.33. The number of allylic oxidation sites excluding steroid dienone is 2. The third-order valence-electron chi connectivity index (χ3n) is 2.87. The van der Waals surface area contributed by atoms with E-state index in [2.05, 4.69) is 4.72 Å². The lowest BCUT2D eigenvalue weighted by atomic mass is 9.99. The molecular weight excluding hydrogens is 266 g/mol. The lowest BCUT2D eigenvalue weighted by Crippen LogP contribution is -2.43. The molecule has 18 heavy (non-hydrogen) atoms. The number of thiophene rings is 1. The van der Waals surface area contributed by atoms with Gasteiger partial charge < -0.3 is 0 Å². The Kier molecular flexibility index (Phi) is 3.42. The highest BCUT2D eigenvalue weighted by Crippen LogP contribution is 2.40. The maximum Gasteiger partial charge on any atom is 0.220 e. The SMILES string of the molecule is CC1=CCC(S(=O)(=O)NC(C)(C)C)c2sccc21. The zero-order valence-corrected chi connectivity index (χ0v) is 12.8. The van der Waals surface area contributed by atoms with Gasteiger partial charge in [-0.25, -0.2) is 13.1 Å². The van der Waals surface area contributed by atoms with Crippen LogP contribution in [-0.4, -0.2) is 14.0 Å². The molecule has 1 atom stereocenters. The minimum Gasteiger partial charge on any atom is -0.212 e. The molecule has 0 aliphatic heterocycles. The Morgan fingerprint density at radius 2 is 2.06 bits per heavy atom. The molecule has 0 bridgehead atoms. The summed E-state index contributed by atoms with van der Waals surface area (Å²) in [6.45, 7) is 7.63. The van der Waals surface area contributed by atoms with Crippen LogP contribution in [-0.2, 0) is 10.0 Å². The van der Waals surface area contributed by atoms with E-state index in [0.717, 1.165) is 10.4 Å². The van der Waals surface area contributed by atoms with Gasteiger partial charge >= 0.3 is 0 Å². The second kappa shape index (κ2) is 4.47. The largest absolute Gasteiger partial charge is 0.220 e. The highest BCUT2D eigenvalue weighted by molar-refractivity contribution is 7.89. The lowest BCUT2D eigenvalue weighted by molar-refractivity contribution is 0.484. The maximum absolute atomic E-state index is 12.4. The highest BCUT2D eigenvalue weighted by atomic mass is 32.2. The van der Waals surface area contributed by atoms with Crippen molar-refractivity contribution in [2.24, 2.45) is 0 Å². The molecule has 0 saturated carbocycles. The third kappa shape index (κ3) is 2.68. The summed E-state index contributed by atoms with van der Waals surface area (Å²) in [5.74, 6) is 0. The van der Waals surface area contributed by atoms with Gasteiger partial charge in [0.15, 0.2) is 0 Å². The van der Waals surface area contributed by atoms with Crippen molar-refractivity contribution in [2.45, 2.75) is 44.9 Å². The molecule has 1 aromatic heterocycles. The second-order valence-corrected chi connectivity index (χ2v) is 8.52. The first-order chi connectivity index (χ1) is 8.21. The molecule has 1 aromatic rings. The Labute approximate surface area is 113 Å². The fourth-order valence-electron chi connectivity index (χ4n) is 2.16. The molecule has 2 rings (SSSR count). The van der Waals surface area contributed by atoms with Crippen LogP contribution in [0, 0.1) is 0 Å². The molecule has 0 aromatic carbocycles. The summed E-state index contributed by atoms with van der Waals surface area (Å²) in [5.41, 5.74) is 1.82. The standard InChI is InChI=1S/C13H19NO2S2/c1-9-5-6-11(12-10(9)7-8-17-12)18(15,16)14-13(2,3)4/h5,7-8,11,14H,6H2,1-4H3. The van der Waals surface area contributed by atoms with E-state index in [4.69, 9.17) is 0 Å². The molecule has 1 aliphatic rings. The summed E-state index contributed by atoms with van der Waals surface area (Å²) >= 11 is 1.53. The fraction of sp³-hybridized carbons (Fsp3) is 0.538. The van der Waals surface area contributed by atoms with Gasteiger partial charge in [0.25, 0.3) is 0 Å². The van der Waals surface area contributed by atoms with E-state index in [9.17, 15) is 8.42 Å². The van der Waals surface area contributed by atoms with Crippen LogP contribution in [0.25, 0.3) is 5.57 Å². The molecule has 3 nitrogen and oxygen atoms in total. The van der Waals surface area contributed by atoms with E-state index in [-0.39, 0.29) is 0 Å². The van der Waals surface area contributed by atoms with E-state index >= 15 is 0 Å². The Morgan fingerprint density at radius 3 is 2.67 bits per heavy atom. The summed E-state index contributed by atoms with van der Waals surface area (Å²) < 4.78 is 27.6. The first-order valence-electron chi connectivity index (χ1n) is 5.98. The average Bonchev–Trinajstić information content (AvgIpc) is 2.62. The van der Waals surface area contributed by atoms with Crippen molar-refractivity contribution in [3.63, 3.8) is 0 Å². The van der Waals surface area contributed by atoms with E-state index in [1.165, 1.54) is 16.9 Å². The first kappa shape index (κ1) is 13.8. The van der Waals surface area contributed by atoms with Crippen molar-refractivity contribution >= 4 is 26.9 Å². The minimum absolute atomic E-state index is 0.438. The van der Waals surface area contributed by atoms with Gasteiger partial charge in [0, 0.05) is 10.4 Å². The van der Waals surface area contributed by atoms with Crippen LogP contribution < -0.4 is 4.72 Å². The Morgan fingerprint density at radius 1 is 1.39 bits per heavy atom. The van der Waals surface area contributed by atoms with Gasteiger partial charge in [-0.1, -0.05) is 6.08 Å². The van der Waals surface area contributed by atoms with Crippen LogP contribution in [0.3, 0.4) is 0 Å². The zero-order chi connectivity index (χ0) is 13.6. The van der Waals surface area contributed by atoms with E-state index in [0.29, 0.717) is 6.42 Å². The van der Waals surface area contributed by atoms with E-state index in [1.54, 1.807) is 0 Å². The number of hydrogen-bond donors (Lipinski definition) is 1. The quantitative estimate of drug-likeness (QED) is 0.906. The van der Waals surface area contributed by atoms with Crippen molar-refractivity contribution in [1.29, 1.82) is 0 Å². The molecule has 1 aliphatic carbocycles. The Bertz CT molecular complexity index is 576. The predicted octanol–water partition coefficient (Wildman–Crippen LogP) is 3.31. The molecule has 0 fully saturated rings. The number of rotatable bonds is 2. The summed E-state index contributed by atoms with van der Waals surface area (Å²) in [6.07, 6.45) is 2.58. The lowest BCUT2D eigenvalue weighted by Gasteiger charge is -2.27. The Balaban J connectivity index is 2.38. The average molecular weight is 285 g/mol. The van der Waals surface area contributed by atoms with Crippen LogP contribution in [0.15, 0.2) is 17.5 Å². The van der Waals surface area contributed by atoms with Crippen molar-refractivity contribution < 1.29 is 8.42 Å². The van der Waals surface area contributed by atoms with Crippen LogP contribution in [0.4, 0.5) is 0 Å². The molecule has 0 radical (unpaired) electrons. The van der Waals surface area contributed by atoms with Crippen LogP contribution in [0.1, 0.15) is 49.8 Å². The number of sulfonamides is 1. The van der Waals surface area contributed by atoms with Crippen LogP contribution in [0.2, 0.25) is 0 Å². The number of hydrogen-bond acceptors (Lipinski definition) is 3. The molecule has 1 heterocycles. The van der Waals surface area contributed by atoms with Gasteiger partial charge in [-0.3, -0.25) is 0 Å². The van der Waals surface area contributed by atoms with Gasteiger partial charge in [0.2, 0.25) is 10.0 Å². The first-order valence-corrected chi connectivity index (χ1v) is 8.40. The monoisotopic (exact) mass is 285 g/mol. The molecular formula is C13H19NO2S2. The molecule has 5 heteroatoms. The van der Waals surface area contributed by atoms with Gasteiger partial charge in [0.1, 0.15) is 5.25 Å². The minimum atomic E-state index is -3.33. The van der Waals surface area contributed by atoms with Crippen molar-refractivity contribution in [3.8, 4) is 0 Å². The normalized spacial score (nSPS) is 20.4. The second-order valence-electron chi connectivity index (χ2n) is 5.71. The van der Waals surface area contributed by atoms with E-state index in [1.807, 2.05) is 45.2 Å². The Hall–Kier alpha value is -0.650. The topological polar surface area (TPSA) is 46.2 Å². The summed E-state index contributed by atoms with van der Waals surface area (Å²) in [4.78, 5) is 0.965. The zero-order valence-electron chi connectivity index (χ0n) is 11.1. The summed E-state index contributed by atoms with van der Waals surface area (Å²) in [6, 6.07) is 2.00. The molecule has 0 saturated heterocycles. The van der Waals surface area contributed by atoms with Crippen LogP contribution in [0.5, 0.6) is 0 Å². The maximum atomic E-state index is 12.4. The van der Waals surface area contributed by atoms with Gasteiger partial charge in [-0.2, -0.15) is 0 Å². The highest BCUT2D eigenvalue weighted by Gasteiger charge is 2.34. The number of fused-ring (bicyclic) bond motifs is 1. The fourth-order valence-corrected chi connectivity index (χ4v) is 5.42. The smallest absolute Gasteiger partial charge is 0.212 e. The molecule has 1 N–H and O–H groups in total.